The van der Waals surface area contributed by atoms with Crippen molar-refractivity contribution in [3.63, 3.8) is 0 Å². The van der Waals surface area contributed by atoms with Crippen LogP contribution >= 0.6 is 0 Å². The van der Waals surface area contributed by atoms with Gasteiger partial charge in [0.2, 0.25) is 11.6 Å². The van der Waals surface area contributed by atoms with Gasteiger partial charge < -0.3 is 4.90 Å². The lowest BCUT2D eigenvalue weighted by Crippen LogP contribution is -2.47. The number of anilines is 2. The van der Waals surface area contributed by atoms with Gasteiger partial charge in [-0.3, -0.25) is 31.2 Å². The Hall–Kier alpha value is -3.31. The van der Waals surface area contributed by atoms with E-state index in [1.54, 1.807) is 24.3 Å². The van der Waals surface area contributed by atoms with Crippen molar-refractivity contribution in [1.82, 2.24) is 25.3 Å². The molecule has 0 spiro atoms. The van der Waals surface area contributed by atoms with E-state index in [4.69, 9.17) is 0 Å². The van der Waals surface area contributed by atoms with Crippen LogP contribution in [0, 0.1) is 17.0 Å². The van der Waals surface area contributed by atoms with E-state index in [0.29, 0.717) is 18.7 Å². The van der Waals surface area contributed by atoms with Crippen molar-refractivity contribution in [2.75, 3.05) is 44.1 Å². The summed E-state index contributed by atoms with van der Waals surface area (Å²) in [6.45, 7) is 4.99. The molecule has 1 fully saturated rings. The molecule has 1 aliphatic rings. The Morgan fingerprint density at radius 1 is 1.11 bits per heavy atom. The summed E-state index contributed by atoms with van der Waals surface area (Å²) in [5.74, 6) is -0.463. The van der Waals surface area contributed by atoms with Crippen LogP contribution in [0.15, 0.2) is 30.6 Å². The van der Waals surface area contributed by atoms with E-state index < -0.39 is 10.8 Å². The minimum absolute atomic E-state index is 0.0663. The highest BCUT2D eigenvalue weighted by atomic mass is 16.6. The van der Waals surface area contributed by atoms with Gasteiger partial charge in [-0.15, -0.1) is 0 Å². The van der Waals surface area contributed by atoms with Crippen molar-refractivity contribution < 1.29 is 9.72 Å². The van der Waals surface area contributed by atoms with Gasteiger partial charge in [-0.05, 0) is 26.1 Å². The van der Waals surface area contributed by atoms with Crippen LogP contribution in [-0.2, 0) is 0 Å². The van der Waals surface area contributed by atoms with Crippen LogP contribution < -0.4 is 16.3 Å². The molecule has 1 amide bonds. The fourth-order valence-electron chi connectivity index (χ4n) is 2.69. The Kier molecular flexibility index (Phi) is 5.96. The highest BCUT2D eigenvalue weighted by Gasteiger charge is 2.25. The van der Waals surface area contributed by atoms with Gasteiger partial charge in [-0.1, -0.05) is 17.7 Å². The fourth-order valence-corrected chi connectivity index (χ4v) is 2.69. The lowest BCUT2D eigenvalue weighted by molar-refractivity contribution is -0.383. The van der Waals surface area contributed by atoms with Crippen molar-refractivity contribution in [3.05, 3.63) is 51.8 Å². The molecule has 2 heterocycles. The molecule has 1 aromatic heterocycles. The van der Waals surface area contributed by atoms with Crippen molar-refractivity contribution in [3.8, 4) is 0 Å². The molecule has 0 radical (unpaired) electrons. The van der Waals surface area contributed by atoms with E-state index in [0.717, 1.165) is 18.7 Å². The third kappa shape index (κ3) is 4.69. The van der Waals surface area contributed by atoms with Crippen LogP contribution in [-0.4, -0.2) is 63.9 Å². The second-order valence-corrected chi connectivity index (χ2v) is 6.52. The summed E-state index contributed by atoms with van der Waals surface area (Å²) in [5, 5.41) is 13.5. The molecule has 1 aliphatic heterocycles. The normalized spacial score (nSPS) is 15.1. The van der Waals surface area contributed by atoms with Gasteiger partial charge in [-0.2, -0.15) is 0 Å². The molecule has 11 nitrogen and oxygen atoms in total. The first kappa shape index (κ1) is 19.5. The molecule has 2 aromatic rings. The van der Waals surface area contributed by atoms with Gasteiger partial charge in [0, 0.05) is 31.7 Å². The van der Waals surface area contributed by atoms with E-state index in [1.807, 2.05) is 19.0 Å². The quantitative estimate of drug-likeness (QED) is 0.492. The Bertz CT molecular complexity index is 850. The number of nitrogens with one attached hydrogen (secondary N) is 3. The Balaban J connectivity index is 1.72. The first-order valence-corrected chi connectivity index (χ1v) is 8.76. The fraction of sp³-hybridized carbons (Fsp3) is 0.353. The predicted octanol–water partition coefficient (Wildman–Crippen LogP) is 1.02. The molecule has 0 bridgehead atoms. The van der Waals surface area contributed by atoms with Crippen LogP contribution in [0.2, 0.25) is 0 Å². The van der Waals surface area contributed by atoms with Crippen LogP contribution in [0.1, 0.15) is 15.9 Å². The molecule has 28 heavy (non-hydrogen) atoms. The average Bonchev–Trinajstić information content (AvgIpc) is 2.68. The number of piperazine rings is 1. The zero-order chi connectivity index (χ0) is 20.1. The van der Waals surface area contributed by atoms with Gasteiger partial charge in [0.1, 0.15) is 6.33 Å². The summed E-state index contributed by atoms with van der Waals surface area (Å²) in [6, 6.07) is 6.95. The van der Waals surface area contributed by atoms with Crippen molar-refractivity contribution in [2.45, 2.75) is 6.92 Å². The second-order valence-electron chi connectivity index (χ2n) is 6.52. The smallest absolute Gasteiger partial charge is 0.304 e. The first-order valence-electron chi connectivity index (χ1n) is 8.76. The maximum Gasteiger partial charge on any atom is 0.356 e. The molecule has 148 valence electrons. The molecular formula is C17H22N8O3. The molecule has 0 aliphatic carbocycles. The van der Waals surface area contributed by atoms with E-state index >= 15 is 0 Å². The molecule has 1 saturated heterocycles. The molecule has 3 N–H and O–H groups in total. The zero-order valence-corrected chi connectivity index (χ0v) is 15.7. The summed E-state index contributed by atoms with van der Waals surface area (Å²) in [6.07, 6.45) is 1.20. The number of benzene rings is 1. The van der Waals surface area contributed by atoms with Crippen molar-refractivity contribution in [1.29, 1.82) is 0 Å². The van der Waals surface area contributed by atoms with Crippen LogP contribution in [0.5, 0.6) is 0 Å². The molecule has 0 unspecified atom stereocenters. The van der Waals surface area contributed by atoms with E-state index in [1.165, 1.54) is 6.33 Å². The number of hydrazine groups is 2. The number of likely N-dealkylation sites (N-methyl/N-ethyl adjacent to an activating group) is 1. The number of hydrogen-bond donors (Lipinski definition) is 3. The molecule has 1 aromatic carbocycles. The minimum atomic E-state index is -0.585. The number of aryl methyl sites for hydroxylation is 1. The number of carbonyl (C=O) groups excluding carboxylic acids is 1. The van der Waals surface area contributed by atoms with E-state index in [-0.39, 0.29) is 17.3 Å². The summed E-state index contributed by atoms with van der Waals surface area (Å²) in [4.78, 5) is 33.3. The largest absolute Gasteiger partial charge is 0.356 e. The molecule has 0 atom stereocenters. The number of aromatic nitrogens is 2. The van der Waals surface area contributed by atoms with Crippen molar-refractivity contribution >= 4 is 23.2 Å². The monoisotopic (exact) mass is 386 g/mol. The molecule has 3 rings (SSSR count). The number of carbonyl (C=O) groups is 1. The number of amides is 1. The first-order chi connectivity index (χ1) is 13.4. The van der Waals surface area contributed by atoms with Crippen LogP contribution in [0.25, 0.3) is 0 Å². The predicted molar refractivity (Wildman–Crippen MR) is 104 cm³/mol. The SMILES string of the molecule is Cc1ccc(C(=O)NNc2ncnc(NN3CCN(C)CC3)c2[N+](=O)[O-])cc1. The van der Waals surface area contributed by atoms with Crippen LogP contribution in [0.4, 0.5) is 17.3 Å². The minimum Gasteiger partial charge on any atom is -0.304 e. The summed E-state index contributed by atoms with van der Waals surface area (Å²) in [5.41, 5.74) is 9.05. The number of nitro groups is 1. The lowest BCUT2D eigenvalue weighted by Gasteiger charge is -2.32. The van der Waals surface area contributed by atoms with Gasteiger partial charge in [0.15, 0.2) is 0 Å². The Labute approximate surface area is 161 Å². The van der Waals surface area contributed by atoms with Gasteiger partial charge in [0.25, 0.3) is 5.91 Å². The summed E-state index contributed by atoms with van der Waals surface area (Å²) in [7, 11) is 2.02. The highest BCUT2D eigenvalue weighted by Crippen LogP contribution is 2.28. The highest BCUT2D eigenvalue weighted by molar-refractivity contribution is 5.95. The Morgan fingerprint density at radius 2 is 1.75 bits per heavy atom. The third-order valence-corrected chi connectivity index (χ3v) is 4.38. The molecule has 0 saturated carbocycles. The van der Waals surface area contributed by atoms with E-state index in [9.17, 15) is 14.9 Å². The van der Waals surface area contributed by atoms with E-state index in [2.05, 4.69) is 31.1 Å². The van der Waals surface area contributed by atoms with Gasteiger partial charge in [0.05, 0.1) is 4.92 Å². The number of nitrogens with zero attached hydrogens (tertiary/aromatic N) is 5. The second kappa shape index (κ2) is 8.59. The topological polar surface area (TPSA) is 129 Å². The Morgan fingerprint density at radius 3 is 2.39 bits per heavy atom. The van der Waals surface area contributed by atoms with Crippen LogP contribution in [0.3, 0.4) is 0 Å². The average molecular weight is 386 g/mol. The zero-order valence-electron chi connectivity index (χ0n) is 15.7. The number of hydrogen-bond acceptors (Lipinski definition) is 9. The van der Waals surface area contributed by atoms with Gasteiger partial charge >= 0.3 is 5.69 Å². The summed E-state index contributed by atoms with van der Waals surface area (Å²) >= 11 is 0. The maximum absolute atomic E-state index is 12.2. The lowest BCUT2D eigenvalue weighted by atomic mass is 10.1. The molecular weight excluding hydrogens is 364 g/mol. The van der Waals surface area contributed by atoms with Gasteiger partial charge in [-0.25, -0.2) is 15.0 Å². The third-order valence-electron chi connectivity index (χ3n) is 4.38. The standard InChI is InChI=1S/C17H22N8O3/c1-12-3-5-13(6-4-12)17(26)21-20-15-14(25(27)28)16(19-11-18-15)22-24-9-7-23(2)8-10-24/h3-6,11H,7-10H2,1-2H3,(H,21,26)(H2,18,19,20,22). The maximum atomic E-state index is 12.2. The van der Waals surface area contributed by atoms with Crippen molar-refractivity contribution in [2.24, 2.45) is 0 Å². The summed E-state index contributed by atoms with van der Waals surface area (Å²) < 4.78 is 0. The number of rotatable bonds is 6. The molecule has 11 heteroatoms.